The van der Waals surface area contributed by atoms with E-state index in [0.717, 1.165) is 0 Å². The minimum atomic E-state index is -1.50. The van der Waals surface area contributed by atoms with E-state index in [1.807, 2.05) is 25.9 Å². The number of aliphatic hydroxyl groups is 1. The highest BCUT2D eigenvalue weighted by Crippen LogP contribution is 2.44. The quantitative estimate of drug-likeness (QED) is 0.0815. The number of hydrogen-bond donors (Lipinski definition) is 1. The number of nitrogens with zero attached hydrogens (tertiary/aromatic N) is 3. The maximum absolute atomic E-state index is 15.0. The zero-order chi connectivity index (χ0) is 51.3. The van der Waals surface area contributed by atoms with Gasteiger partial charge in [0.15, 0.2) is 35.3 Å². The molecule has 0 bridgehead atoms. The zero-order valence-corrected chi connectivity index (χ0v) is 43.6. The molecule has 17 nitrogen and oxygen atoms in total. The molecule has 1 aromatic carbocycles. The summed E-state index contributed by atoms with van der Waals surface area (Å²) in [7, 11) is 6.71. The predicted molar refractivity (Wildman–Crippen MR) is 256 cm³/mol. The number of rotatable bonds is 15. The van der Waals surface area contributed by atoms with Crippen LogP contribution in [0.3, 0.4) is 0 Å². The molecule has 2 aromatic rings. The smallest absolute Gasteiger partial charge is 0.410 e. The number of esters is 2. The molecule has 1 amide bonds. The third-order valence-electron chi connectivity index (χ3n) is 14.2. The molecule has 4 heterocycles. The van der Waals surface area contributed by atoms with E-state index < -0.39 is 89.7 Å². The van der Waals surface area contributed by atoms with E-state index in [1.165, 1.54) is 38.4 Å². The Morgan fingerprint density at radius 1 is 1.00 bits per heavy atom. The maximum Gasteiger partial charge on any atom is 0.410 e. The number of aromatic nitrogens is 1. The Kier molecular flexibility index (Phi) is 18.9. The van der Waals surface area contributed by atoms with E-state index in [4.69, 9.17) is 61.1 Å². The number of carbonyl (C=O) groups excluding carboxylic acids is 5. The number of carbonyl (C=O) groups is 5. The second kappa shape index (κ2) is 23.4. The molecule has 0 aliphatic carbocycles. The van der Waals surface area contributed by atoms with Gasteiger partial charge in [-0.1, -0.05) is 50.9 Å². The molecule has 19 heteroatoms. The Balaban J connectivity index is 1.44. The second-order valence-corrected chi connectivity index (χ2v) is 20.3. The van der Waals surface area contributed by atoms with Crippen LogP contribution in [0.4, 0.5) is 4.79 Å². The van der Waals surface area contributed by atoms with E-state index in [1.54, 1.807) is 66.7 Å². The lowest BCUT2D eigenvalue weighted by Crippen LogP contribution is -2.61. The van der Waals surface area contributed by atoms with Gasteiger partial charge < -0.3 is 52.8 Å². The van der Waals surface area contributed by atoms with Crippen LogP contribution >= 0.6 is 23.2 Å². The van der Waals surface area contributed by atoms with Crippen molar-refractivity contribution in [1.29, 1.82) is 0 Å². The van der Waals surface area contributed by atoms with Gasteiger partial charge in [-0.2, -0.15) is 0 Å². The van der Waals surface area contributed by atoms with Crippen LogP contribution < -0.4 is 9.47 Å². The number of hydrogen-bond acceptors (Lipinski definition) is 16. The van der Waals surface area contributed by atoms with Crippen LogP contribution in [0.15, 0.2) is 30.6 Å². The van der Waals surface area contributed by atoms with Crippen molar-refractivity contribution in [3.05, 3.63) is 51.8 Å². The summed E-state index contributed by atoms with van der Waals surface area (Å²) in [6.45, 7) is 15.4. The summed E-state index contributed by atoms with van der Waals surface area (Å²) in [6, 6.07) is 3.58. The van der Waals surface area contributed by atoms with E-state index in [0.29, 0.717) is 23.3 Å². The van der Waals surface area contributed by atoms with Gasteiger partial charge in [-0.3, -0.25) is 24.2 Å². The van der Waals surface area contributed by atoms with E-state index >= 15 is 0 Å². The Hall–Kier alpha value is -4.10. The van der Waals surface area contributed by atoms with Gasteiger partial charge in [0.2, 0.25) is 0 Å². The van der Waals surface area contributed by atoms with Crippen LogP contribution in [0.2, 0.25) is 10.0 Å². The molecule has 1 aromatic heterocycles. The molecular formula is C50H71Cl2N3O14. The Labute approximate surface area is 416 Å². The SMILES string of the molecule is CC[C@H]1OC(=O)[C@H](C)[C@@H](O)[C@H](C)[C@@H](O[C@@H]2O[C@H](C)C[C@H](N(C)C)[C@H]2OC(C)=O)[C@](C)(OC)C[C@@H](C)C(=O)[C@H](C)[C@H]2N(CCCOc3cc(C(=O)Cc4c(Cl)cncc4Cl)ccc3OC)C(=O)O[C@]12C. The van der Waals surface area contributed by atoms with E-state index in [9.17, 15) is 29.1 Å². The third-order valence-corrected chi connectivity index (χ3v) is 14.9. The minimum absolute atomic E-state index is 0.0619. The molecule has 0 saturated carbocycles. The number of halogens is 2. The monoisotopic (exact) mass is 1010 g/mol. The average molecular weight is 1010 g/mol. The molecule has 0 unspecified atom stereocenters. The van der Waals surface area contributed by atoms with Gasteiger partial charge in [0.25, 0.3) is 0 Å². The number of aliphatic hydroxyl groups excluding tert-OH is 1. The summed E-state index contributed by atoms with van der Waals surface area (Å²) in [5.41, 5.74) is -2.04. The first-order valence-electron chi connectivity index (χ1n) is 23.7. The van der Waals surface area contributed by atoms with Crippen LogP contribution in [0.5, 0.6) is 11.5 Å². The average Bonchev–Trinajstić information content (AvgIpc) is 3.56. The van der Waals surface area contributed by atoms with Gasteiger partial charge in [0, 0.05) is 68.3 Å². The van der Waals surface area contributed by atoms with Crippen molar-refractivity contribution in [3.63, 3.8) is 0 Å². The van der Waals surface area contributed by atoms with E-state index in [-0.39, 0.29) is 78.3 Å². The van der Waals surface area contributed by atoms with Gasteiger partial charge in [-0.15, -0.1) is 0 Å². The molecule has 3 fully saturated rings. The molecule has 69 heavy (non-hydrogen) atoms. The molecule has 384 valence electrons. The van der Waals surface area contributed by atoms with Crippen LogP contribution in [0.1, 0.15) is 104 Å². The number of likely N-dealkylation sites (N-methyl/N-ethyl adjacent to an activating group) is 1. The number of pyridine rings is 1. The number of cyclic esters (lactones) is 1. The number of amides is 1. The fourth-order valence-corrected chi connectivity index (χ4v) is 10.9. The molecule has 3 saturated heterocycles. The molecule has 0 spiro atoms. The minimum Gasteiger partial charge on any atom is -0.493 e. The van der Waals surface area contributed by atoms with Crippen LogP contribution in [0, 0.1) is 23.7 Å². The van der Waals surface area contributed by atoms with Crippen molar-refractivity contribution in [2.24, 2.45) is 23.7 Å². The molecule has 3 aliphatic rings. The van der Waals surface area contributed by atoms with Gasteiger partial charge in [0.1, 0.15) is 11.9 Å². The number of ketones is 2. The Morgan fingerprint density at radius 3 is 2.26 bits per heavy atom. The fraction of sp³-hybridized carbons (Fsp3) is 0.680. The van der Waals surface area contributed by atoms with Crippen LogP contribution in [-0.2, 0) is 49.2 Å². The number of benzene rings is 1. The number of fused-ring (bicyclic) bond motifs is 1. The zero-order valence-electron chi connectivity index (χ0n) is 42.1. The van der Waals surface area contributed by atoms with Gasteiger partial charge in [0.05, 0.1) is 65.7 Å². The third kappa shape index (κ3) is 12.3. The second-order valence-electron chi connectivity index (χ2n) is 19.4. The van der Waals surface area contributed by atoms with Crippen molar-refractivity contribution in [2.45, 2.75) is 155 Å². The highest BCUT2D eigenvalue weighted by Gasteiger charge is 2.60. The fourth-order valence-electron chi connectivity index (χ4n) is 10.4. The lowest BCUT2D eigenvalue weighted by Gasteiger charge is -2.48. The van der Waals surface area contributed by atoms with Crippen molar-refractivity contribution in [3.8, 4) is 11.5 Å². The van der Waals surface area contributed by atoms with Crippen molar-refractivity contribution >= 4 is 52.8 Å². The molecule has 1 N–H and O–H groups in total. The molecule has 3 aliphatic heterocycles. The highest BCUT2D eigenvalue weighted by molar-refractivity contribution is 6.36. The first-order valence-corrected chi connectivity index (χ1v) is 24.4. The highest BCUT2D eigenvalue weighted by atomic mass is 35.5. The Morgan fingerprint density at radius 2 is 1.67 bits per heavy atom. The lowest BCUT2D eigenvalue weighted by molar-refractivity contribution is -0.303. The largest absolute Gasteiger partial charge is 0.493 e. The molecule has 5 rings (SSSR count). The lowest BCUT2D eigenvalue weighted by atomic mass is 9.73. The number of Topliss-reactive ketones (excluding diaryl/α,β-unsaturated/α-hetero) is 2. The molecule has 0 radical (unpaired) electrons. The normalized spacial score (nSPS) is 33.5. The predicted octanol–water partition coefficient (Wildman–Crippen LogP) is 7.16. The summed E-state index contributed by atoms with van der Waals surface area (Å²) in [5.74, 6) is -4.64. The molecule has 14 atom stereocenters. The molecular weight excluding hydrogens is 937 g/mol. The summed E-state index contributed by atoms with van der Waals surface area (Å²) in [4.78, 5) is 76.5. The standard InChI is InChI=1S/C50H71Cl2N3O14/c1-14-40-50(9)44(55(48(61)69-50)18-15-19-64-39-21-32(16-17-38(39)62-12)37(57)22-33-34(51)24-53-25-35(33)52)28(4)41(58)26(2)23-49(8,63-13)45(29(5)42(59)30(6)46(60)67-40)68-47-43(66-31(7)56)36(54(10)11)20-27(3)65-47/h16-17,21,24-30,36,40,42-45,47,59H,14-15,18-20,22-23H2,1-13H3/t26-,27-,28+,29+,30-,36+,40-,42+,43-,44-,45-,47+,49-,50-/m1/s1. The van der Waals surface area contributed by atoms with Crippen molar-refractivity contribution < 1.29 is 67.0 Å². The van der Waals surface area contributed by atoms with E-state index in [2.05, 4.69) is 4.98 Å². The van der Waals surface area contributed by atoms with Crippen LogP contribution in [0.25, 0.3) is 0 Å². The number of ether oxygens (including phenoxy) is 8. The summed E-state index contributed by atoms with van der Waals surface area (Å²) < 4.78 is 49.4. The summed E-state index contributed by atoms with van der Waals surface area (Å²) >= 11 is 12.6. The Bertz CT molecular complexity index is 2140. The maximum atomic E-state index is 15.0. The van der Waals surface area contributed by atoms with Crippen molar-refractivity contribution in [1.82, 2.24) is 14.8 Å². The summed E-state index contributed by atoms with van der Waals surface area (Å²) in [5, 5.41) is 12.6. The van der Waals surface area contributed by atoms with Gasteiger partial charge >= 0.3 is 18.0 Å². The van der Waals surface area contributed by atoms with Crippen LogP contribution in [-0.4, -0.2) is 151 Å². The van der Waals surface area contributed by atoms with Gasteiger partial charge in [-0.25, -0.2) is 4.79 Å². The number of methoxy groups -OCH3 is 2. The van der Waals surface area contributed by atoms with Crippen molar-refractivity contribution in [2.75, 3.05) is 41.5 Å². The first kappa shape index (κ1) is 55.8. The topological polar surface area (TPSA) is 199 Å². The first-order chi connectivity index (χ1) is 32.4. The summed E-state index contributed by atoms with van der Waals surface area (Å²) in [6.07, 6.45) is -2.57. The van der Waals surface area contributed by atoms with Gasteiger partial charge in [-0.05, 0) is 85.7 Å².